The summed E-state index contributed by atoms with van der Waals surface area (Å²) in [5, 5.41) is 38.0. The van der Waals surface area contributed by atoms with E-state index in [0.717, 1.165) is 176 Å². The zero-order valence-corrected chi connectivity index (χ0v) is 78.0. The van der Waals surface area contributed by atoms with Crippen molar-refractivity contribution in [1.82, 2.24) is 97.8 Å². The van der Waals surface area contributed by atoms with Crippen molar-refractivity contribution in [2.75, 3.05) is 125 Å². The highest BCUT2D eigenvalue weighted by Gasteiger charge is 2.43. The van der Waals surface area contributed by atoms with E-state index in [0.29, 0.717) is 76.3 Å². The number of hydrogen-bond donors (Lipinski definition) is 0. The van der Waals surface area contributed by atoms with Gasteiger partial charge in [0.05, 0.1) is 102 Å². The number of amides is 4. The lowest BCUT2D eigenvalue weighted by molar-refractivity contribution is -0.130. The van der Waals surface area contributed by atoms with Crippen LogP contribution in [0.1, 0.15) is 196 Å². The Morgan fingerprint density at radius 1 is 0.311 bits per heavy atom. The van der Waals surface area contributed by atoms with Gasteiger partial charge in [0, 0.05) is 299 Å². The Labute approximate surface area is 769 Å². The van der Waals surface area contributed by atoms with Crippen LogP contribution in [0.25, 0.3) is 44.5 Å². The average molecular weight is 1790 g/mol. The first kappa shape index (κ1) is 86.2. The molecule has 0 spiro atoms. The fourth-order valence-corrected chi connectivity index (χ4v) is 22.2. The van der Waals surface area contributed by atoms with Crippen LogP contribution in [0.3, 0.4) is 0 Å². The predicted octanol–water partition coefficient (Wildman–Crippen LogP) is 13.6. The number of aromatic nitrogens is 16. The number of carbonyl (C=O) groups excluding carboxylic acids is 4. The molecule has 132 heavy (non-hydrogen) atoms. The Bertz CT molecular complexity index is 5650. The Balaban J connectivity index is 0.000000106. The van der Waals surface area contributed by atoms with Gasteiger partial charge in [-0.15, -0.1) is 0 Å². The van der Waals surface area contributed by atoms with Gasteiger partial charge in [-0.2, -0.15) is 40.8 Å². The summed E-state index contributed by atoms with van der Waals surface area (Å²) in [6, 6.07) is 27.9. The molecule has 4 saturated heterocycles. The van der Waals surface area contributed by atoms with Gasteiger partial charge in [-0.05, 0) is 119 Å². The molecule has 0 saturated carbocycles. The van der Waals surface area contributed by atoms with Crippen molar-refractivity contribution in [3.05, 3.63) is 190 Å². The molecule has 8 atom stereocenters. The van der Waals surface area contributed by atoms with Gasteiger partial charge in [-0.25, -0.2) is 0 Å². The van der Waals surface area contributed by atoms with E-state index in [9.17, 15) is 19.2 Å². The number of rotatable bonds is 12. The lowest BCUT2D eigenvalue weighted by Crippen LogP contribution is -2.35. The topological polar surface area (TPSA) is 274 Å². The number of nitrogens with zero attached hydrogens (tertiary/aromatic N) is 24. The van der Waals surface area contributed by atoms with Crippen molar-refractivity contribution in [2.24, 2.45) is 28.2 Å². The Morgan fingerprint density at radius 2 is 0.530 bits per heavy atom. The molecule has 20 heterocycles. The van der Waals surface area contributed by atoms with Crippen LogP contribution in [0, 0.1) is 0 Å². The second kappa shape index (κ2) is 35.2. The normalized spacial score (nSPS) is 22.0. The van der Waals surface area contributed by atoms with Crippen molar-refractivity contribution in [3.8, 4) is 44.5 Å². The van der Waals surface area contributed by atoms with Crippen LogP contribution in [-0.4, -0.2) is 227 Å². The first-order valence-electron chi connectivity index (χ1n) is 47.3. The highest BCUT2D eigenvalue weighted by Crippen LogP contribution is 2.51. The lowest BCUT2D eigenvalue weighted by atomic mass is 9.99. The monoisotopic (exact) mass is 1780 g/mol. The molecule has 12 aliphatic heterocycles. The van der Waals surface area contributed by atoms with E-state index in [1.165, 1.54) is 112 Å². The van der Waals surface area contributed by atoms with Gasteiger partial charge in [0.15, 0.2) is 23.3 Å². The van der Waals surface area contributed by atoms with Gasteiger partial charge in [0.25, 0.3) is 0 Å². The minimum Gasteiger partial charge on any atom is -0.379 e. The van der Waals surface area contributed by atoms with Gasteiger partial charge in [0.1, 0.15) is 0 Å². The molecule has 688 valence electrons. The zero-order chi connectivity index (χ0) is 90.8. The maximum atomic E-state index is 12.2. The number of ether oxygens (including phenoxy) is 4. The van der Waals surface area contributed by atoms with Crippen molar-refractivity contribution >= 4 is 69.6 Å². The summed E-state index contributed by atoms with van der Waals surface area (Å²) in [7, 11) is 7.78. The molecule has 24 rings (SSSR count). The molecule has 32 nitrogen and oxygen atoms in total. The highest BCUT2D eigenvalue weighted by atomic mass is 16.5. The van der Waals surface area contributed by atoms with E-state index in [1.54, 1.807) is 27.7 Å². The molecule has 12 aromatic rings. The quantitative estimate of drug-likeness (QED) is 0.110. The molecular formula is C100H120N24O8. The van der Waals surface area contributed by atoms with E-state index >= 15 is 0 Å². The Morgan fingerprint density at radius 3 is 0.712 bits per heavy atom. The van der Waals surface area contributed by atoms with E-state index < -0.39 is 0 Å². The summed E-state index contributed by atoms with van der Waals surface area (Å²) >= 11 is 0. The second-order valence-corrected chi connectivity index (χ2v) is 38.4. The van der Waals surface area contributed by atoms with E-state index in [2.05, 4.69) is 184 Å². The fourth-order valence-electron chi connectivity index (χ4n) is 22.2. The average Bonchev–Trinajstić information content (AvgIpc) is 1.60. The number of anilines is 8. The Kier molecular flexibility index (Phi) is 23.0. The second-order valence-electron chi connectivity index (χ2n) is 38.4. The van der Waals surface area contributed by atoms with E-state index in [1.807, 2.05) is 91.3 Å². The van der Waals surface area contributed by atoms with E-state index in [4.69, 9.17) is 39.3 Å². The number of fused-ring (bicyclic) bond motifs is 8. The van der Waals surface area contributed by atoms with Crippen LogP contribution >= 0.6 is 0 Å². The minimum absolute atomic E-state index is 0.125. The molecule has 12 aliphatic rings. The molecule has 0 bridgehead atoms. The molecule has 8 aromatic heterocycles. The van der Waals surface area contributed by atoms with Gasteiger partial charge >= 0.3 is 0 Å². The zero-order valence-electron chi connectivity index (χ0n) is 78.0. The van der Waals surface area contributed by atoms with Gasteiger partial charge in [-0.3, -0.25) is 56.6 Å². The number of hydrogen-bond acceptors (Lipinski definition) is 20. The fraction of sp³-hybridized carbons (Fsp3) is 0.480. The van der Waals surface area contributed by atoms with Crippen LogP contribution < -0.4 is 19.6 Å². The van der Waals surface area contributed by atoms with Gasteiger partial charge < -0.3 is 58.1 Å². The summed E-state index contributed by atoms with van der Waals surface area (Å²) in [4.78, 5) is 66.0. The third kappa shape index (κ3) is 16.0. The SMILES string of the molecule is CC(=O)N1CCc2c(c(N3C[C@@H](C)c4cc(-c5cnn(C)c5)ccc43)nn2[C@@H]2CCOC2)C1.CC(=O)N1CCc2c(c(N3C[C@@H](C)c4cc(-c5cnn(C)c5)ccc43)nn2[C@H]2CCOC2)C1.CC(=O)N1CCc2c(c(N3C[C@H](C)c4cc(-c5cnn(C)c5)ccc43)nn2[C@@H]2CCOC2)C1.CC(=O)N1CCc2c(c(N3C[C@H](C)c4cc(-c5cnn(C)c5)ccc43)nn2[C@H]2CCOC2)C1. The Hall–Kier alpha value is -12.5. The smallest absolute Gasteiger partial charge is 0.219 e. The standard InChI is InChI=1S/4C25H30N6O2/c4*1-16-12-30(23-5-4-18(10-21(16)23)19-11-26-28(3)13-19)25-22-14-29(17(2)32)8-6-24(22)31(27-25)20-7-9-33-15-20/h4*4-5,10-11,13,16,20H,6-9,12,14-15H2,1-3H3/t2*16-,20+;2*16-,20-/m1010/s1. The molecule has 4 fully saturated rings. The first-order chi connectivity index (χ1) is 64.0. The third-order valence-corrected chi connectivity index (χ3v) is 29.4. The van der Waals surface area contributed by atoms with Crippen LogP contribution in [0.5, 0.6) is 0 Å². The van der Waals surface area contributed by atoms with Crippen LogP contribution in [-0.2, 0) is 118 Å². The molecule has 0 N–H and O–H groups in total. The third-order valence-electron chi connectivity index (χ3n) is 29.4. The number of benzene rings is 4. The van der Waals surface area contributed by atoms with Crippen molar-refractivity contribution in [3.63, 3.8) is 0 Å². The van der Waals surface area contributed by atoms with Crippen molar-refractivity contribution < 1.29 is 38.1 Å². The molecular weight excluding hydrogens is 1670 g/mol. The molecule has 4 aromatic carbocycles. The van der Waals surface area contributed by atoms with Crippen LogP contribution in [0.4, 0.5) is 46.0 Å². The van der Waals surface area contributed by atoms with Crippen molar-refractivity contribution in [2.45, 2.75) is 181 Å². The summed E-state index contributed by atoms with van der Waals surface area (Å²) in [5.41, 5.74) is 29.3. The van der Waals surface area contributed by atoms with Gasteiger partial charge in [0.2, 0.25) is 23.6 Å². The van der Waals surface area contributed by atoms with E-state index in [-0.39, 0.29) is 47.8 Å². The lowest BCUT2D eigenvalue weighted by Gasteiger charge is -2.28. The predicted molar refractivity (Wildman–Crippen MR) is 502 cm³/mol. The molecule has 32 heteroatoms. The molecule has 0 unspecified atom stereocenters. The van der Waals surface area contributed by atoms with Crippen LogP contribution in [0.2, 0.25) is 0 Å². The minimum atomic E-state index is 0.125. The summed E-state index contributed by atoms with van der Waals surface area (Å²) in [6.07, 6.45) is 23.2. The summed E-state index contributed by atoms with van der Waals surface area (Å²) < 4.78 is 38.9. The molecule has 0 radical (unpaired) electrons. The molecule has 4 amide bonds. The largest absolute Gasteiger partial charge is 0.379 e. The summed E-state index contributed by atoms with van der Waals surface area (Å²) in [5.74, 6) is 6.06. The molecule has 0 aliphatic carbocycles. The maximum Gasteiger partial charge on any atom is 0.219 e. The first-order valence-corrected chi connectivity index (χ1v) is 47.3. The highest BCUT2D eigenvalue weighted by molar-refractivity contribution is 5.83. The summed E-state index contributed by atoms with van der Waals surface area (Å²) in [6.45, 7) is 30.8. The maximum absolute atomic E-state index is 12.2. The van der Waals surface area contributed by atoms with Gasteiger partial charge in [-0.1, -0.05) is 52.0 Å². The number of carbonyl (C=O) groups is 4. The van der Waals surface area contributed by atoms with Crippen molar-refractivity contribution in [1.29, 1.82) is 0 Å². The number of aryl methyl sites for hydroxylation is 4. The van der Waals surface area contributed by atoms with Crippen LogP contribution in [0.15, 0.2) is 122 Å².